The summed E-state index contributed by atoms with van der Waals surface area (Å²) in [6.07, 6.45) is 1.67. The number of aryl methyl sites for hydroxylation is 1. The second-order valence-corrected chi connectivity index (χ2v) is 7.27. The fourth-order valence-corrected chi connectivity index (χ4v) is 3.67. The molecular weight excluding hydrogens is 388 g/mol. The Morgan fingerprint density at radius 3 is 2.45 bits per heavy atom. The minimum absolute atomic E-state index is 0.0263. The van der Waals surface area contributed by atoms with Crippen LogP contribution in [-0.2, 0) is 9.59 Å². The number of aliphatic hydroxyl groups excluding tert-OH is 1. The molecule has 3 aromatic rings. The second kappa shape index (κ2) is 7.53. The van der Waals surface area contributed by atoms with Gasteiger partial charge in [0.25, 0.3) is 11.6 Å². The number of benzene rings is 2. The van der Waals surface area contributed by atoms with Crippen LogP contribution in [-0.4, -0.2) is 16.8 Å². The standard InChI is InChI=1S/C23H17ClN2O3/c1-14-8-10-15(11-9-14)21(27)19-20(16-5-4-6-17(24)13-16)26(23(29)22(19)28)18-7-2-3-12-25-18/h2-13,20,27H,1H3/p+1. The molecule has 2 heterocycles. The number of nitrogens with zero attached hydrogens (tertiary/aromatic N) is 1. The molecule has 0 aliphatic carbocycles. The van der Waals surface area contributed by atoms with Gasteiger partial charge in [-0.2, -0.15) is 4.90 Å². The maximum atomic E-state index is 13.0. The summed E-state index contributed by atoms with van der Waals surface area (Å²) in [6, 6.07) is 18.5. The van der Waals surface area contributed by atoms with Crippen molar-refractivity contribution in [1.29, 1.82) is 0 Å². The molecule has 0 spiro atoms. The van der Waals surface area contributed by atoms with E-state index in [0.29, 0.717) is 22.0 Å². The molecule has 0 bridgehead atoms. The van der Waals surface area contributed by atoms with Gasteiger partial charge in [0.2, 0.25) is 0 Å². The maximum Gasteiger partial charge on any atom is 0.382 e. The van der Waals surface area contributed by atoms with E-state index in [1.807, 2.05) is 19.1 Å². The van der Waals surface area contributed by atoms with Gasteiger partial charge in [0, 0.05) is 22.2 Å². The summed E-state index contributed by atoms with van der Waals surface area (Å²) in [5, 5.41) is 11.5. The molecule has 4 rings (SSSR count). The van der Waals surface area contributed by atoms with Gasteiger partial charge < -0.3 is 5.11 Å². The van der Waals surface area contributed by atoms with E-state index in [-0.39, 0.29) is 11.3 Å². The first-order valence-corrected chi connectivity index (χ1v) is 9.45. The summed E-state index contributed by atoms with van der Waals surface area (Å²) >= 11 is 6.18. The van der Waals surface area contributed by atoms with Crippen LogP contribution in [0.4, 0.5) is 5.82 Å². The van der Waals surface area contributed by atoms with Crippen molar-refractivity contribution in [2.75, 3.05) is 4.90 Å². The lowest BCUT2D eigenvalue weighted by Gasteiger charge is -2.18. The predicted molar refractivity (Wildman–Crippen MR) is 110 cm³/mol. The Kier molecular flexibility index (Phi) is 4.91. The number of amides is 1. The number of halogens is 1. The van der Waals surface area contributed by atoms with Crippen LogP contribution in [0.5, 0.6) is 0 Å². The molecule has 1 aromatic heterocycles. The third-order valence-electron chi connectivity index (χ3n) is 4.89. The smallest absolute Gasteiger partial charge is 0.382 e. The van der Waals surface area contributed by atoms with Crippen LogP contribution < -0.4 is 9.88 Å². The number of hydrogen-bond acceptors (Lipinski definition) is 3. The largest absolute Gasteiger partial charge is 0.507 e. The van der Waals surface area contributed by atoms with Crippen LogP contribution in [0.25, 0.3) is 5.76 Å². The van der Waals surface area contributed by atoms with Gasteiger partial charge in [-0.05, 0) is 25.1 Å². The fourth-order valence-electron chi connectivity index (χ4n) is 3.47. The van der Waals surface area contributed by atoms with Crippen LogP contribution in [0, 0.1) is 6.92 Å². The number of carbonyl (C=O) groups is 2. The highest BCUT2D eigenvalue weighted by Gasteiger charge is 2.53. The quantitative estimate of drug-likeness (QED) is 0.405. The number of rotatable bonds is 3. The highest BCUT2D eigenvalue weighted by Crippen LogP contribution is 2.41. The molecule has 0 radical (unpaired) electrons. The average molecular weight is 406 g/mol. The third-order valence-corrected chi connectivity index (χ3v) is 5.12. The van der Waals surface area contributed by atoms with Crippen molar-refractivity contribution >= 4 is 34.9 Å². The normalized spacial score (nSPS) is 18.3. The van der Waals surface area contributed by atoms with Crippen LogP contribution in [0.15, 0.2) is 78.5 Å². The van der Waals surface area contributed by atoms with Crippen LogP contribution in [0.1, 0.15) is 22.7 Å². The number of aromatic nitrogens is 1. The Balaban J connectivity index is 1.95. The van der Waals surface area contributed by atoms with Crippen molar-refractivity contribution in [3.8, 4) is 0 Å². The van der Waals surface area contributed by atoms with Crippen molar-refractivity contribution in [2.45, 2.75) is 13.0 Å². The molecule has 6 heteroatoms. The highest BCUT2D eigenvalue weighted by molar-refractivity contribution is 6.51. The predicted octanol–water partition coefficient (Wildman–Crippen LogP) is 4.09. The molecule has 0 saturated carbocycles. The third kappa shape index (κ3) is 3.41. The van der Waals surface area contributed by atoms with Gasteiger partial charge in [0.15, 0.2) is 6.04 Å². The molecule has 1 aliphatic rings. The molecule has 1 amide bonds. The number of aliphatic hydroxyl groups is 1. The van der Waals surface area contributed by atoms with E-state index in [1.165, 1.54) is 4.90 Å². The fraction of sp³-hybridized carbons (Fsp3) is 0.0870. The Morgan fingerprint density at radius 2 is 1.79 bits per heavy atom. The molecule has 2 N–H and O–H groups in total. The zero-order chi connectivity index (χ0) is 20.5. The molecule has 29 heavy (non-hydrogen) atoms. The van der Waals surface area contributed by atoms with E-state index in [4.69, 9.17) is 11.6 Å². The molecule has 1 saturated heterocycles. The van der Waals surface area contributed by atoms with E-state index >= 15 is 0 Å². The van der Waals surface area contributed by atoms with E-state index in [0.717, 1.165) is 5.56 Å². The molecule has 5 nitrogen and oxygen atoms in total. The number of ketones is 1. The number of carbonyl (C=O) groups excluding carboxylic acids is 2. The van der Waals surface area contributed by atoms with Crippen molar-refractivity contribution < 1.29 is 19.7 Å². The van der Waals surface area contributed by atoms with E-state index < -0.39 is 17.7 Å². The van der Waals surface area contributed by atoms with Gasteiger partial charge in [0.05, 0.1) is 11.8 Å². The number of Topliss-reactive ketones (excluding diaryl/α,β-unsaturated/α-hetero) is 1. The van der Waals surface area contributed by atoms with Gasteiger partial charge in [-0.15, -0.1) is 0 Å². The summed E-state index contributed by atoms with van der Waals surface area (Å²) in [7, 11) is 0. The number of nitrogens with one attached hydrogen (secondary N) is 1. The highest BCUT2D eigenvalue weighted by atomic mass is 35.5. The topological polar surface area (TPSA) is 71.8 Å². The molecule has 2 aromatic carbocycles. The van der Waals surface area contributed by atoms with Crippen molar-refractivity contribution in [3.63, 3.8) is 0 Å². The Labute approximate surface area is 172 Å². The van der Waals surface area contributed by atoms with Crippen molar-refractivity contribution in [2.24, 2.45) is 0 Å². The molecule has 1 aliphatic heterocycles. The molecule has 1 fully saturated rings. The summed E-state index contributed by atoms with van der Waals surface area (Å²) in [6.45, 7) is 1.93. The minimum Gasteiger partial charge on any atom is -0.507 e. The van der Waals surface area contributed by atoms with Crippen LogP contribution >= 0.6 is 11.6 Å². The number of H-pyrrole nitrogens is 1. The summed E-state index contributed by atoms with van der Waals surface area (Å²) in [4.78, 5) is 30.3. The zero-order valence-corrected chi connectivity index (χ0v) is 16.4. The molecule has 1 unspecified atom stereocenters. The lowest BCUT2D eigenvalue weighted by Crippen LogP contribution is -2.33. The SMILES string of the molecule is Cc1ccc(C(O)=C2C(=O)C(=O)N(c3cccc[nH+]3)C2c2cccc(Cl)c2)cc1. The average Bonchev–Trinajstić information content (AvgIpc) is 2.99. The molecular formula is C23H18ClN2O3+. The number of pyridine rings is 1. The first-order valence-electron chi connectivity index (χ1n) is 9.07. The van der Waals surface area contributed by atoms with Crippen molar-refractivity contribution in [3.05, 3.63) is 100 Å². The van der Waals surface area contributed by atoms with E-state index in [9.17, 15) is 14.7 Å². The summed E-state index contributed by atoms with van der Waals surface area (Å²) < 4.78 is 0. The minimum atomic E-state index is -0.811. The number of hydrogen-bond donors (Lipinski definition) is 1. The monoisotopic (exact) mass is 405 g/mol. The summed E-state index contributed by atoms with van der Waals surface area (Å²) in [5.74, 6) is -1.23. The number of aromatic amines is 1. The van der Waals surface area contributed by atoms with E-state index in [1.54, 1.807) is 60.8 Å². The first-order chi connectivity index (χ1) is 14.0. The maximum absolute atomic E-state index is 13.0. The van der Waals surface area contributed by atoms with E-state index in [2.05, 4.69) is 4.98 Å². The Morgan fingerprint density at radius 1 is 1.03 bits per heavy atom. The number of anilines is 1. The second-order valence-electron chi connectivity index (χ2n) is 6.84. The molecule has 1 atom stereocenters. The van der Waals surface area contributed by atoms with Crippen molar-refractivity contribution in [1.82, 2.24) is 0 Å². The van der Waals surface area contributed by atoms with Crippen LogP contribution in [0.2, 0.25) is 5.02 Å². The first kappa shape index (κ1) is 18.9. The summed E-state index contributed by atoms with van der Waals surface area (Å²) in [5.41, 5.74) is 2.14. The Hall–Kier alpha value is -3.44. The van der Waals surface area contributed by atoms with Gasteiger partial charge in [0.1, 0.15) is 5.76 Å². The van der Waals surface area contributed by atoms with Gasteiger partial charge in [-0.1, -0.05) is 59.6 Å². The van der Waals surface area contributed by atoms with Gasteiger partial charge >= 0.3 is 5.91 Å². The molecule has 144 valence electrons. The zero-order valence-electron chi connectivity index (χ0n) is 15.6. The van der Waals surface area contributed by atoms with Gasteiger partial charge in [-0.3, -0.25) is 4.79 Å². The Bertz CT molecular complexity index is 1120. The lowest BCUT2D eigenvalue weighted by molar-refractivity contribution is -0.363. The van der Waals surface area contributed by atoms with Crippen LogP contribution in [0.3, 0.4) is 0 Å². The lowest BCUT2D eigenvalue weighted by atomic mass is 9.95. The van der Waals surface area contributed by atoms with Gasteiger partial charge in [-0.25, -0.2) is 9.78 Å².